The van der Waals surface area contributed by atoms with Gasteiger partial charge in [-0.25, -0.2) is 9.69 Å². The largest absolute Gasteiger partial charge is 0.329 e. The highest BCUT2D eigenvalue weighted by molar-refractivity contribution is 9.10. The Balaban J connectivity index is 1.70. The molecule has 2 aromatic rings. The fraction of sp³-hybridized carbons (Fsp3) is 0.105. The van der Waals surface area contributed by atoms with Gasteiger partial charge in [-0.1, -0.05) is 51.8 Å². The second-order valence-corrected chi connectivity index (χ2v) is 6.67. The van der Waals surface area contributed by atoms with Gasteiger partial charge in [0.15, 0.2) is 0 Å². The van der Waals surface area contributed by atoms with Crippen LogP contribution in [-0.4, -0.2) is 29.3 Å². The highest BCUT2D eigenvalue weighted by Gasteiger charge is 2.34. The molecule has 2 N–H and O–H groups in total. The minimum Gasteiger partial charge on any atom is -0.325 e. The Morgan fingerprint density at radius 3 is 2.54 bits per heavy atom. The Morgan fingerprint density at radius 1 is 1.15 bits per heavy atom. The third kappa shape index (κ3) is 4.00. The molecule has 0 aliphatic carbocycles. The molecule has 0 spiro atoms. The first-order valence-corrected chi connectivity index (χ1v) is 8.69. The summed E-state index contributed by atoms with van der Waals surface area (Å²) in [6.07, 6.45) is 1.57. The lowest BCUT2D eigenvalue weighted by atomic mass is 10.2. The molecule has 1 aliphatic rings. The van der Waals surface area contributed by atoms with Crippen molar-refractivity contribution in [3.05, 3.63) is 69.8 Å². The maximum absolute atomic E-state index is 12.4. The van der Waals surface area contributed by atoms with Crippen molar-refractivity contribution in [2.24, 2.45) is 0 Å². The van der Waals surface area contributed by atoms with E-state index in [9.17, 15) is 14.4 Å². The van der Waals surface area contributed by atoms with E-state index in [-0.39, 0.29) is 12.2 Å². The molecule has 0 unspecified atom stereocenters. The van der Waals surface area contributed by atoms with Crippen LogP contribution >= 0.6 is 15.9 Å². The van der Waals surface area contributed by atoms with Crippen LogP contribution in [0.5, 0.6) is 0 Å². The van der Waals surface area contributed by atoms with Crippen LogP contribution in [0.15, 0.2) is 58.7 Å². The van der Waals surface area contributed by atoms with Crippen molar-refractivity contribution in [3.63, 3.8) is 0 Å². The second-order valence-electron chi connectivity index (χ2n) is 5.82. The molecule has 1 aliphatic heterocycles. The van der Waals surface area contributed by atoms with E-state index >= 15 is 0 Å². The number of urea groups is 1. The lowest BCUT2D eigenvalue weighted by molar-refractivity contribution is -0.127. The number of carbonyl (C=O) groups is 3. The molecule has 1 saturated heterocycles. The highest BCUT2D eigenvalue weighted by atomic mass is 79.9. The molecule has 0 bridgehead atoms. The Morgan fingerprint density at radius 2 is 1.85 bits per heavy atom. The van der Waals surface area contributed by atoms with Crippen LogP contribution in [0.3, 0.4) is 0 Å². The molecule has 6 nitrogen and oxygen atoms in total. The number of rotatable bonds is 4. The van der Waals surface area contributed by atoms with Crippen molar-refractivity contribution in [1.29, 1.82) is 0 Å². The molecule has 7 heteroatoms. The van der Waals surface area contributed by atoms with Crippen LogP contribution in [0.4, 0.5) is 10.5 Å². The summed E-state index contributed by atoms with van der Waals surface area (Å²) in [5, 5.41) is 5.17. The molecular formula is C19H16BrN3O3. The van der Waals surface area contributed by atoms with Crippen molar-refractivity contribution in [1.82, 2.24) is 10.2 Å². The smallest absolute Gasteiger partial charge is 0.325 e. The van der Waals surface area contributed by atoms with Crippen LogP contribution in [0.25, 0.3) is 6.08 Å². The molecule has 132 valence electrons. The lowest BCUT2D eigenvalue weighted by Crippen LogP contribution is -2.38. The molecule has 1 fully saturated rings. The van der Waals surface area contributed by atoms with Crippen LogP contribution in [0.1, 0.15) is 11.1 Å². The first-order valence-electron chi connectivity index (χ1n) is 7.89. The molecule has 26 heavy (non-hydrogen) atoms. The van der Waals surface area contributed by atoms with Gasteiger partial charge in [0.25, 0.3) is 5.91 Å². The molecule has 0 atom stereocenters. The van der Waals surface area contributed by atoms with Gasteiger partial charge in [-0.3, -0.25) is 9.59 Å². The summed E-state index contributed by atoms with van der Waals surface area (Å²) in [6.45, 7) is 1.59. The quantitative estimate of drug-likeness (QED) is 0.596. The second kappa shape index (κ2) is 7.53. The molecule has 3 rings (SSSR count). The van der Waals surface area contributed by atoms with Gasteiger partial charge in [0.1, 0.15) is 12.2 Å². The van der Waals surface area contributed by atoms with Gasteiger partial charge in [0.2, 0.25) is 5.91 Å². The zero-order valence-corrected chi connectivity index (χ0v) is 15.5. The van der Waals surface area contributed by atoms with Crippen LogP contribution in [-0.2, 0) is 9.59 Å². The van der Waals surface area contributed by atoms with Crippen molar-refractivity contribution in [2.75, 3.05) is 11.9 Å². The van der Waals surface area contributed by atoms with Crippen LogP contribution < -0.4 is 10.6 Å². The molecule has 4 amide bonds. The monoisotopic (exact) mass is 413 g/mol. The summed E-state index contributed by atoms with van der Waals surface area (Å²) in [5.41, 5.74) is 2.56. The number of anilines is 1. The number of nitrogens with zero attached hydrogens (tertiary/aromatic N) is 1. The fourth-order valence-electron chi connectivity index (χ4n) is 2.44. The summed E-state index contributed by atoms with van der Waals surface area (Å²) in [5.74, 6) is -0.982. The number of nitrogens with one attached hydrogen (secondary N) is 2. The summed E-state index contributed by atoms with van der Waals surface area (Å²) in [4.78, 5) is 37.5. The number of carbonyl (C=O) groups excluding carboxylic acids is 3. The number of halogens is 1. The van der Waals surface area contributed by atoms with E-state index in [2.05, 4.69) is 26.6 Å². The summed E-state index contributed by atoms with van der Waals surface area (Å²) >= 11 is 3.39. The van der Waals surface area contributed by atoms with Gasteiger partial charge in [-0.05, 0) is 36.8 Å². The maximum Gasteiger partial charge on any atom is 0.329 e. The summed E-state index contributed by atoms with van der Waals surface area (Å²) < 4.78 is 0.796. The minimum absolute atomic E-state index is 0.130. The van der Waals surface area contributed by atoms with E-state index in [1.807, 2.05) is 43.3 Å². The van der Waals surface area contributed by atoms with E-state index in [0.29, 0.717) is 5.69 Å². The third-order valence-electron chi connectivity index (χ3n) is 3.80. The summed E-state index contributed by atoms with van der Waals surface area (Å²) in [6, 6.07) is 13.9. The van der Waals surface area contributed by atoms with Crippen molar-refractivity contribution in [3.8, 4) is 0 Å². The Hall–Kier alpha value is -2.93. The van der Waals surface area contributed by atoms with Gasteiger partial charge >= 0.3 is 6.03 Å². The zero-order valence-electron chi connectivity index (χ0n) is 14.0. The standard InChI is InChI=1S/C19H16BrN3O3/c1-12-6-8-14(9-7-12)21-17(24)11-23-18(25)16(22-19(23)26)10-13-4-2-3-5-15(13)20/h2-10H,11H2,1H3,(H,21,24)(H,22,26)/b16-10+. The number of amides is 4. The topological polar surface area (TPSA) is 78.5 Å². The predicted octanol–water partition coefficient (Wildman–Crippen LogP) is 3.29. The number of aryl methyl sites for hydroxylation is 1. The van der Waals surface area contributed by atoms with Gasteiger partial charge < -0.3 is 10.6 Å². The average molecular weight is 414 g/mol. The van der Waals surface area contributed by atoms with E-state index in [1.165, 1.54) is 0 Å². The average Bonchev–Trinajstić information content (AvgIpc) is 2.86. The predicted molar refractivity (Wildman–Crippen MR) is 102 cm³/mol. The normalized spacial score (nSPS) is 15.3. The fourth-order valence-corrected chi connectivity index (χ4v) is 2.84. The molecule has 0 aromatic heterocycles. The minimum atomic E-state index is -0.618. The van der Waals surface area contributed by atoms with Gasteiger partial charge in [-0.15, -0.1) is 0 Å². The Kier molecular flexibility index (Phi) is 5.18. The number of hydrogen-bond acceptors (Lipinski definition) is 3. The number of imide groups is 1. The Bertz CT molecular complexity index is 907. The SMILES string of the molecule is Cc1ccc(NC(=O)CN2C(=O)N/C(=C/c3ccccc3Br)C2=O)cc1. The maximum atomic E-state index is 12.4. The third-order valence-corrected chi connectivity index (χ3v) is 4.53. The summed E-state index contributed by atoms with van der Waals surface area (Å²) in [7, 11) is 0. The van der Waals surface area contributed by atoms with E-state index in [1.54, 1.807) is 18.2 Å². The lowest BCUT2D eigenvalue weighted by Gasteiger charge is -2.12. The molecule has 0 saturated carbocycles. The Labute approximate surface area is 159 Å². The number of benzene rings is 2. The van der Waals surface area contributed by atoms with E-state index < -0.39 is 17.8 Å². The molecule has 2 aromatic carbocycles. The van der Waals surface area contributed by atoms with Gasteiger partial charge in [0.05, 0.1) is 0 Å². The van der Waals surface area contributed by atoms with Gasteiger partial charge in [-0.2, -0.15) is 0 Å². The first-order chi connectivity index (χ1) is 12.4. The van der Waals surface area contributed by atoms with Crippen molar-refractivity contribution in [2.45, 2.75) is 6.92 Å². The van der Waals surface area contributed by atoms with Gasteiger partial charge in [0, 0.05) is 10.2 Å². The molecule has 0 radical (unpaired) electrons. The van der Waals surface area contributed by atoms with E-state index in [4.69, 9.17) is 0 Å². The molecule has 1 heterocycles. The highest BCUT2D eigenvalue weighted by Crippen LogP contribution is 2.21. The van der Waals surface area contributed by atoms with Crippen molar-refractivity contribution < 1.29 is 14.4 Å². The van der Waals surface area contributed by atoms with E-state index in [0.717, 1.165) is 20.5 Å². The first kappa shape index (κ1) is 17.9. The number of hydrogen-bond donors (Lipinski definition) is 2. The molecular weight excluding hydrogens is 398 g/mol. The van der Waals surface area contributed by atoms with Crippen LogP contribution in [0, 0.1) is 6.92 Å². The van der Waals surface area contributed by atoms with Crippen molar-refractivity contribution >= 4 is 45.5 Å². The zero-order chi connectivity index (χ0) is 18.7. The van der Waals surface area contributed by atoms with Crippen LogP contribution in [0.2, 0.25) is 0 Å².